The van der Waals surface area contributed by atoms with Crippen LogP contribution in [0.5, 0.6) is 23.0 Å². The number of carbonyl (C=O) groups excluding carboxylic acids is 1. The van der Waals surface area contributed by atoms with Crippen LogP contribution in [-0.4, -0.2) is 38.8 Å². The molecular formula is C27H30O7. The van der Waals surface area contributed by atoms with E-state index in [9.17, 15) is 30.0 Å². The van der Waals surface area contributed by atoms with Gasteiger partial charge in [-0.15, -0.1) is 0 Å². The summed E-state index contributed by atoms with van der Waals surface area (Å²) < 4.78 is 5.80. The molecule has 0 fully saturated rings. The third-order valence-electron chi connectivity index (χ3n) is 5.78. The molecule has 0 heterocycles. The average Bonchev–Trinajstić information content (AvgIpc) is 2.80. The molecule has 0 aliphatic heterocycles. The van der Waals surface area contributed by atoms with Crippen molar-refractivity contribution in [1.29, 1.82) is 0 Å². The number of ketones is 1. The van der Waals surface area contributed by atoms with Crippen LogP contribution in [-0.2, 0) is 6.42 Å². The van der Waals surface area contributed by atoms with Gasteiger partial charge in [0.05, 0.1) is 6.61 Å². The Hall–Kier alpha value is -3.74. The number of ether oxygens (including phenoxy) is 1. The number of benzene rings is 3. The molecule has 0 radical (unpaired) electrons. The van der Waals surface area contributed by atoms with Crippen molar-refractivity contribution in [2.45, 2.75) is 51.9 Å². The van der Waals surface area contributed by atoms with Crippen molar-refractivity contribution < 1.29 is 34.8 Å². The van der Waals surface area contributed by atoms with Gasteiger partial charge in [-0.1, -0.05) is 38.3 Å². The maximum Gasteiger partial charge on any atom is 0.339 e. The first kappa shape index (κ1) is 24.9. The van der Waals surface area contributed by atoms with Crippen LogP contribution < -0.4 is 4.74 Å². The maximum absolute atomic E-state index is 12.5. The topological polar surface area (TPSA) is 124 Å². The first-order chi connectivity index (χ1) is 16.3. The Bertz CT molecular complexity index is 1180. The number of carboxylic acids is 1. The number of unbranched alkanes of at least 4 members (excludes halogenated alkanes) is 3. The van der Waals surface area contributed by atoms with Crippen LogP contribution in [0, 0.1) is 0 Å². The fourth-order valence-corrected chi connectivity index (χ4v) is 3.93. The van der Waals surface area contributed by atoms with Crippen molar-refractivity contribution in [1.82, 2.24) is 0 Å². The molecule has 0 spiro atoms. The fourth-order valence-electron chi connectivity index (χ4n) is 3.93. The minimum absolute atomic E-state index is 0.0314. The van der Waals surface area contributed by atoms with E-state index in [0.29, 0.717) is 41.7 Å². The summed E-state index contributed by atoms with van der Waals surface area (Å²) in [4.78, 5) is 23.7. The molecule has 0 aliphatic carbocycles. The van der Waals surface area contributed by atoms with Crippen LogP contribution in [0.25, 0.3) is 10.8 Å². The number of phenolic OH excluding ortho intramolecular Hbond substituents is 2. The lowest BCUT2D eigenvalue weighted by Gasteiger charge is -2.14. The molecule has 0 saturated heterocycles. The Morgan fingerprint density at radius 3 is 2.26 bits per heavy atom. The van der Waals surface area contributed by atoms with Gasteiger partial charge in [0.15, 0.2) is 17.3 Å². The van der Waals surface area contributed by atoms with E-state index in [1.54, 1.807) is 24.3 Å². The van der Waals surface area contributed by atoms with E-state index < -0.39 is 5.97 Å². The number of carbonyl (C=O) groups is 2. The van der Waals surface area contributed by atoms with Gasteiger partial charge in [0.1, 0.15) is 17.1 Å². The quantitative estimate of drug-likeness (QED) is 0.151. The van der Waals surface area contributed by atoms with Gasteiger partial charge < -0.3 is 25.2 Å². The lowest BCUT2D eigenvalue weighted by Crippen LogP contribution is -2.04. The monoisotopic (exact) mass is 466 g/mol. The zero-order chi connectivity index (χ0) is 24.7. The van der Waals surface area contributed by atoms with Crippen molar-refractivity contribution in [3.8, 4) is 23.0 Å². The molecular weight excluding hydrogens is 436 g/mol. The summed E-state index contributed by atoms with van der Waals surface area (Å²) in [7, 11) is 0. The Morgan fingerprint density at radius 1 is 0.853 bits per heavy atom. The number of rotatable bonds is 12. The summed E-state index contributed by atoms with van der Waals surface area (Å²) in [5.41, 5.74) is 0.975. The number of aromatic hydroxyl groups is 3. The number of carboxylic acid groups (broad SMARTS) is 1. The second-order valence-electron chi connectivity index (χ2n) is 8.33. The van der Waals surface area contributed by atoms with Crippen LogP contribution in [0.1, 0.15) is 71.7 Å². The van der Waals surface area contributed by atoms with Gasteiger partial charge in [-0.3, -0.25) is 4.79 Å². The fraction of sp³-hybridized carbons (Fsp3) is 0.333. The normalized spacial score (nSPS) is 11.0. The van der Waals surface area contributed by atoms with E-state index in [1.165, 1.54) is 18.2 Å². The highest BCUT2D eigenvalue weighted by molar-refractivity contribution is 6.00. The number of phenols is 3. The molecule has 0 saturated carbocycles. The Labute approximate surface area is 198 Å². The molecule has 0 atom stereocenters. The summed E-state index contributed by atoms with van der Waals surface area (Å²) >= 11 is 0. The highest BCUT2D eigenvalue weighted by Gasteiger charge is 2.17. The highest BCUT2D eigenvalue weighted by atomic mass is 16.5. The van der Waals surface area contributed by atoms with Crippen molar-refractivity contribution in [3.05, 3.63) is 59.2 Å². The molecule has 7 heteroatoms. The number of aromatic carboxylic acids is 1. The lowest BCUT2D eigenvalue weighted by molar-refractivity contribution is 0.0693. The Kier molecular flexibility index (Phi) is 8.35. The smallest absolute Gasteiger partial charge is 0.339 e. The highest BCUT2D eigenvalue weighted by Crippen LogP contribution is 2.33. The summed E-state index contributed by atoms with van der Waals surface area (Å²) in [6, 6.07) is 11.1. The van der Waals surface area contributed by atoms with E-state index in [4.69, 9.17) is 4.74 Å². The van der Waals surface area contributed by atoms with Crippen LogP contribution in [0.3, 0.4) is 0 Å². The number of hydrogen-bond donors (Lipinski definition) is 4. The van der Waals surface area contributed by atoms with Gasteiger partial charge in [-0.25, -0.2) is 4.79 Å². The summed E-state index contributed by atoms with van der Waals surface area (Å²) in [6.45, 7) is 2.39. The second-order valence-corrected chi connectivity index (χ2v) is 8.33. The predicted molar refractivity (Wildman–Crippen MR) is 129 cm³/mol. The molecule has 3 rings (SSSR count). The van der Waals surface area contributed by atoms with E-state index >= 15 is 0 Å². The van der Waals surface area contributed by atoms with Gasteiger partial charge in [0.25, 0.3) is 0 Å². The zero-order valence-corrected chi connectivity index (χ0v) is 19.2. The van der Waals surface area contributed by atoms with Gasteiger partial charge in [-0.2, -0.15) is 0 Å². The van der Waals surface area contributed by atoms with Gasteiger partial charge in [0.2, 0.25) is 0 Å². The summed E-state index contributed by atoms with van der Waals surface area (Å²) in [5.74, 6) is -1.26. The Balaban J connectivity index is 1.44. The van der Waals surface area contributed by atoms with Gasteiger partial charge in [0, 0.05) is 17.5 Å². The van der Waals surface area contributed by atoms with Gasteiger partial charge in [-0.05, 0) is 60.4 Å². The first-order valence-corrected chi connectivity index (χ1v) is 11.5. The zero-order valence-electron chi connectivity index (χ0n) is 19.2. The molecule has 180 valence electrons. The van der Waals surface area contributed by atoms with Crippen molar-refractivity contribution in [2.24, 2.45) is 0 Å². The first-order valence-electron chi connectivity index (χ1n) is 11.5. The van der Waals surface area contributed by atoms with Gasteiger partial charge >= 0.3 is 5.97 Å². The second kappa shape index (κ2) is 11.4. The molecule has 0 amide bonds. The molecule has 3 aromatic rings. The molecule has 0 unspecified atom stereocenters. The van der Waals surface area contributed by atoms with Crippen molar-refractivity contribution >= 4 is 22.5 Å². The third-order valence-corrected chi connectivity index (χ3v) is 5.78. The van der Waals surface area contributed by atoms with E-state index in [2.05, 4.69) is 0 Å². The summed E-state index contributed by atoms with van der Waals surface area (Å²) in [6.07, 6.45) is 4.96. The van der Waals surface area contributed by atoms with E-state index in [0.717, 1.165) is 37.5 Å². The molecule has 7 nitrogen and oxygen atoms in total. The van der Waals surface area contributed by atoms with Crippen LogP contribution in [0.15, 0.2) is 42.5 Å². The number of fused-ring (bicyclic) bond motifs is 1. The molecule has 0 bridgehead atoms. The maximum atomic E-state index is 12.5. The lowest BCUT2D eigenvalue weighted by atomic mass is 10.0. The standard InChI is InChI=1S/C27H30O7/c1-2-7-20-25(12-11-21(26(20)31)27(32)33)34-13-6-4-3-5-8-22(28)18-10-9-17-15-23(29)24(30)16-19(17)14-18/h9-12,14-16,29-31H,2-8,13H2,1H3,(H,32,33). The average molecular weight is 467 g/mol. The number of Topliss-reactive ketones (excluding diaryl/α,β-unsaturated/α-hetero) is 1. The molecule has 34 heavy (non-hydrogen) atoms. The number of hydrogen-bond acceptors (Lipinski definition) is 6. The molecule has 0 aliphatic rings. The largest absolute Gasteiger partial charge is 0.507 e. The predicted octanol–water partition coefficient (Wildman–Crippen LogP) is 5.82. The van der Waals surface area contributed by atoms with Crippen molar-refractivity contribution in [3.63, 3.8) is 0 Å². The Morgan fingerprint density at radius 2 is 1.56 bits per heavy atom. The van der Waals surface area contributed by atoms with Crippen LogP contribution >= 0.6 is 0 Å². The summed E-state index contributed by atoms with van der Waals surface area (Å²) in [5, 5.41) is 40.1. The van der Waals surface area contributed by atoms with Crippen molar-refractivity contribution in [2.75, 3.05) is 6.61 Å². The van der Waals surface area contributed by atoms with Crippen LogP contribution in [0.4, 0.5) is 0 Å². The minimum Gasteiger partial charge on any atom is -0.507 e. The minimum atomic E-state index is -1.17. The van der Waals surface area contributed by atoms with E-state index in [-0.39, 0.29) is 28.6 Å². The van der Waals surface area contributed by atoms with Crippen LogP contribution in [0.2, 0.25) is 0 Å². The molecule has 4 N–H and O–H groups in total. The molecule has 0 aromatic heterocycles. The third kappa shape index (κ3) is 5.98. The SMILES string of the molecule is CCCc1c(OCCCCCCC(=O)c2ccc3cc(O)c(O)cc3c2)ccc(C(=O)O)c1O. The van der Waals surface area contributed by atoms with E-state index in [1.807, 2.05) is 6.92 Å². The molecule has 3 aromatic carbocycles.